The Hall–Kier alpha value is -0.810. The van der Waals surface area contributed by atoms with Crippen LogP contribution in [0.5, 0.6) is 0 Å². The van der Waals surface area contributed by atoms with Crippen LogP contribution in [0.25, 0.3) is 3.58 Å². The van der Waals surface area contributed by atoms with Crippen molar-refractivity contribution >= 4 is 46.9 Å². The summed E-state index contributed by atoms with van der Waals surface area (Å²) in [6.07, 6.45) is 3.00. The topological polar surface area (TPSA) is 65.7 Å². The van der Waals surface area contributed by atoms with Gasteiger partial charge in [0.05, 0.1) is 18.3 Å². The fourth-order valence-electron chi connectivity index (χ4n) is 2.08. The number of furan rings is 1. The molecule has 112 valence electrons. The van der Waals surface area contributed by atoms with Crippen molar-refractivity contribution in [1.29, 1.82) is 0 Å². The van der Waals surface area contributed by atoms with Crippen molar-refractivity contribution in [3.63, 3.8) is 0 Å². The first-order chi connectivity index (χ1) is 9.98. The maximum atomic E-state index is 11.9. The molecule has 2 aromatic rings. The normalized spacial score (nSPS) is 24.2. The van der Waals surface area contributed by atoms with E-state index in [-0.39, 0.29) is 0 Å². The van der Waals surface area contributed by atoms with Gasteiger partial charge in [-0.25, -0.2) is 0 Å². The van der Waals surface area contributed by atoms with Crippen LogP contribution in [0, 0.1) is 0 Å². The molecule has 2 heterocycles. The third kappa shape index (κ3) is 2.55. The lowest BCUT2D eigenvalue weighted by atomic mass is 10.2. The summed E-state index contributed by atoms with van der Waals surface area (Å²) in [5.74, 6) is 0. The molecule has 1 unspecified atom stereocenters. The predicted molar refractivity (Wildman–Crippen MR) is 88.3 cm³/mol. The standard InChI is InChI=1S/C13H11IO5S2/c1-17-21(15,16)19-20(10-6-7-18-8-10)9-12(14)11-4-2-3-5-13(11)20/h2-9H,1H3. The number of hydrogen-bond donors (Lipinski definition) is 0. The number of hydrogen-bond acceptors (Lipinski definition) is 5. The molecule has 5 nitrogen and oxygen atoms in total. The van der Waals surface area contributed by atoms with Crippen LogP contribution >= 0.6 is 32.9 Å². The highest BCUT2D eigenvalue weighted by Gasteiger charge is 2.40. The van der Waals surface area contributed by atoms with Gasteiger partial charge in [-0.2, -0.15) is 12.0 Å². The van der Waals surface area contributed by atoms with Gasteiger partial charge in [-0.3, -0.25) is 4.18 Å². The first kappa shape index (κ1) is 15.1. The summed E-state index contributed by atoms with van der Waals surface area (Å²) in [5.41, 5.74) is 0.959. The maximum Gasteiger partial charge on any atom is 0.409 e. The van der Waals surface area contributed by atoms with E-state index < -0.39 is 20.7 Å². The Labute approximate surface area is 137 Å². The van der Waals surface area contributed by atoms with Crippen LogP contribution in [0.1, 0.15) is 5.56 Å². The minimum absolute atomic E-state index is 0.669. The fraction of sp³-hybridized carbons (Fsp3) is 0.0769. The van der Waals surface area contributed by atoms with Gasteiger partial charge in [-0.15, -0.1) is 0 Å². The van der Waals surface area contributed by atoms with Crippen LogP contribution in [-0.2, 0) is 18.2 Å². The van der Waals surface area contributed by atoms with Crippen molar-refractivity contribution in [3.05, 3.63) is 53.8 Å². The van der Waals surface area contributed by atoms with Crippen molar-refractivity contribution < 1.29 is 20.6 Å². The number of benzene rings is 1. The van der Waals surface area contributed by atoms with E-state index in [0.29, 0.717) is 4.90 Å². The van der Waals surface area contributed by atoms with E-state index in [1.807, 2.05) is 29.7 Å². The Kier molecular flexibility index (Phi) is 3.91. The smallest absolute Gasteiger partial charge is 0.409 e. The van der Waals surface area contributed by atoms with E-state index in [2.05, 4.69) is 26.8 Å². The van der Waals surface area contributed by atoms with Crippen LogP contribution in [0.2, 0.25) is 0 Å². The highest BCUT2D eigenvalue weighted by atomic mass is 127. The monoisotopic (exact) mass is 438 g/mol. The Morgan fingerprint density at radius 1 is 1.24 bits per heavy atom. The van der Waals surface area contributed by atoms with Crippen molar-refractivity contribution in [2.24, 2.45) is 0 Å². The maximum absolute atomic E-state index is 11.9. The average molecular weight is 438 g/mol. The van der Waals surface area contributed by atoms with Gasteiger partial charge in [-0.1, -0.05) is 18.2 Å². The molecule has 0 spiro atoms. The van der Waals surface area contributed by atoms with Crippen LogP contribution in [0.15, 0.2) is 62.5 Å². The van der Waals surface area contributed by atoms with Gasteiger partial charge >= 0.3 is 10.4 Å². The molecule has 0 aliphatic carbocycles. The SMILES string of the molecule is COS(=O)(=O)OS1(c2ccoc2)C=C(I)c2ccccc21. The van der Waals surface area contributed by atoms with Gasteiger partial charge in [0.1, 0.15) is 6.26 Å². The van der Waals surface area contributed by atoms with Gasteiger partial charge < -0.3 is 4.42 Å². The van der Waals surface area contributed by atoms with E-state index in [0.717, 1.165) is 21.1 Å². The molecule has 0 saturated carbocycles. The lowest BCUT2D eigenvalue weighted by molar-refractivity contribution is 0.340. The first-order valence-corrected chi connectivity index (χ1v) is 9.86. The summed E-state index contributed by atoms with van der Waals surface area (Å²) < 4.78 is 39.8. The Morgan fingerprint density at radius 2 is 2.00 bits per heavy atom. The lowest BCUT2D eigenvalue weighted by Gasteiger charge is -2.31. The summed E-state index contributed by atoms with van der Waals surface area (Å²) in [7, 11) is -5.38. The van der Waals surface area contributed by atoms with Crippen LogP contribution in [0.4, 0.5) is 0 Å². The summed E-state index contributed by atoms with van der Waals surface area (Å²) in [6, 6.07) is 9.27. The minimum atomic E-state index is -4.11. The Morgan fingerprint density at radius 3 is 2.67 bits per heavy atom. The van der Waals surface area contributed by atoms with Crippen molar-refractivity contribution in [2.45, 2.75) is 9.79 Å². The zero-order valence-electron chi connectivity index (χ0n) is 10.9. The molecular weight excluding hydrogens is 427 g/mol. The molecule has 21 heavy (non-hydrogen) atoms. The summed E-state index contributed by atoms with van der Waals surface area (Å²) >= 11 is 2.17. The lowest BCUT2D eigenvalue weighted by Crippen LogP contribution is -2.11. The fourth-order valence-corrected chi connectivity index (χ4v) is 8.02. The molecule has 0 fully saturated rings. The van der Waals surface area contributed by atoms with Crippen molar-refractivity contribution in [2.75, 3.05) is 7.11 Å². The van der Waals surface area contributed by atoms with Gasteiger partial charge in [0.25, 0.3) is 0 Å². The number of fused-ring (bicyclic) bond motifs is 1. The van der Waals surface area contributed by atoms with Gasteiger partial charge in [-0.05, 0) is 45.0 Å². The summed E-state index contributed by atoms with van der Waals surface area (Å²) in [4.78, 5) is 1.48. The number of rotatable bonds is 4. The molecule has 1 aliphatic rings. The first-order valence-electron chi connectivity index (χ1n) is 5.82. The third-order valence-corrected chi connectivity index (χ3v) is 8.74. The Balaban J connectivity index is 2.26. The van der Waals surface area contributed by atoms with Crippen LogP contribution in [0.3, 0.4) is 0 Å². The molecule has 8 heteroatoms. The minimum Gasteiger partial charge on any atom is -0.471 e. The molecule has 3 rings (SSSR count). The van der Waals surface area contributed by atoms with Crippen molar-refractivity contribution in [3.8, 4) is 0 Å². The predicted octanol–water partition coefficient (Wildman–Crippen LogP) is 4.07. The molecule has 1 aromatic carbocycles. The quantitative estimate of drug-likeness (QED) is 0.674. The molecule has 0 N–H and O–H groups in total. The second-order valence-corrected chi connectivity index (χ2v) is 9.37. The van der Waals surface area contributed by atoms with E-state index in [1.165, 1.54) is 12.5 Å². The Bertz CT molecular complexity index is 798. The average Bonchev–Trinajstić information content (AvgIpc) is 3.08. The largest absolute Gasteiger partial charge is 0.471 e. The van der Waals surface area contributed by atoms with E-state index in [4.69, 9.17) is 8.05 Å². The third-order valence-electron chi connectivity index (χ3n) is 2.98. The van der Waals surface area contributed by atoms with E-state index in [9.17, 15) is 8.42 Å². The zero-order chi connectivity index (χ0) is 15.1. The van der Waals surface area contributed by atoms with E-state index >= 15 is 0 Å². The summed E-state index contributed by atoms with van der Waals surface area (Å²) in [6.45, 7) is 0. The molecule has 1 aliphatic heterocycles. The molecule has 0 bridgehead atoms. The molecule has 0 amide bonds. The molecule has 1 aromatic heterocycles. The number of halogens is 1. The highest BCUT2D eigenvalue weighted by Crippen LogP contribution is 2.72. The van der Waals surface area contributed by atoms with Crippen molar-refractivity contribution in [1.82, 2.24) is 0 Å². The van der Waals surface area contributed by atoms with Gasteiger partial charge in [0, 0.05) is 19.4 Å². The summed E-state index contributed by atoms with van der Waals surface area (Å²) in [5, 5.41) is 1.83. The second-order valence-electron chi connectivity index (χ2n) is 4.16. The molecule has 0 radical (unpaired) electrons. The van der Waals surface area contributed by atoms with Crippen LogP contribution in [-0.4, -0.2) is 15.5 Å². The van der Waals surface area contributed by atoms with Gasteiger partial charge in [0.15, 0.2) is 0 Å². The van der Waals surface area contributed by atoms with Gasteiger partial charge in [0.2, 0.25) is 0 Å². The highest BCUT2D eigenvalue weighted by molar-refractivity contribution is 14.1. The van der Waals surface area contributed by atoms with E-state index in [1.54, 1.807) is 6.07 Å². The molecule has 0 saturated heterocycles. The zero-order valence-corrected chi connectivity index (χ0v) is 14.6. The molecular formula is C13H11IO5S2. The van der Waals surface area contributed by atoms with Crippen LogP contribution < -0.4 is 0 Å². The molecule has 1 atom stereocenters. The second kappa shape index (κ2) is 5.43.